The Morgan fingerprint density at radius 2 is 2.31 bits per heavy atom. The molecule has 1 unspecified atom stereocenters. The molecule has 1 aliphatic heterocycles. The highest BCUT2D eigenvalue weighted by Crippen LogP contribution is 2.33. The first-order valence-electron chi connectivity index (χ1n) is 5.64. The molecule has 0 saturated carbocycles. The van der Waals surface area contributed by atoms with Crippen LogP contribution in [0.4, 0.5) is 15.8 Å². The largest absolute Gasteiger partial charge is 0.397 e. The van der Waals surface area contributed by atoms with E-state index < -0.39 is 0 Å². The Labute approximate surface area is 109 Å². The van der Waals surface area contributed by atoms with Crippen molar-refractivity contribution >= 4 is 34.0 Å². The summed E-state index contributed by atoms with van der Waals surface area (Å²) in [6.07, 6.45) is 3.45. The Balaban J connectivity index is 2.36. The predicted molar refractivity (Wildman–Crippen MR) is 74.2 cm³/mol. The molecule has 1 saturated heterocycles. The van der Waals surface area contributed by atoms with E-state index in [9.17, 15) is 4.39 Å². The van der Waals surface area contributed by atoms with Crippen molar-refractivity contribution in [1.29, 1.82) is 0 Å². The van der Waals surface area contributed by atoms with E-state index in [-0.39, 0.29) is 5.82 Å². The fraction of sp³-hybridized carbons (Fsp3) is 0.500. The lowest BCUT2D eigenvalue weighted by atomic mass is 10.1. The number of rotatable bonds is 2. The first-order valence-corrected chi connectivity index (χ1v) is 6.72. The predicted octanol–water partition coefficient (Wildman–Crippen LogP) is 3.39. The lowest BCUT2D eigenvalue weighted by Crippen LogP contribution is -2.29. The summed E-state index contributed by atoms with van der Waals surface area (Å²) < 4.78 is 14.1. The highest BCUT2D eigenvalue weighted by molar-refractivity contribution is 14.1. The summed E-state index contributed by atoms with van der Waals surface area (Å²) in [6.45, 7) is 3.16. The molecule has 4 heteroatoms. The molecule has 0 spiro atoms. The van der Waals surface area contributed by atoms with E-state index in [2.05, 4.69) is 11.8 Å². The SMILES string of the molecule is CCC1CCCN1c1cc(F)c(I)cc1N. The third kappa shape index (κ3) is 2.12. The second-order valence-corrected chi connectivity index (χ2v) is 5.39. The number of benzene rings is 1. The second kappa shape index (κ2) is 4.77. The summed E-state index contributed by atoms with van der Waals surface area (Å²) >= 11 is 1.97. The molecule has 1 atom stereocenters. The smallest absolute Gasteiger partial charge is 0.138 e. The summed E-state index contributed by atoms with van der Waals surface area (Å²) in [6, 6.07) is 3.81. The van der Waals surface area contributed by atoms with Gasteiger partial charge < -0.3 is 10.6 Å². The molecular weight excluding hydrogens is 318 g/mol. The molecule has 1 heterocycles. The Hall–Kier alpha value is -0.520. The molecule has 1 aromatic carbocycles. The minimum absolute atomic E-state index is 0.174. The van der Waals surface area contributed by atoms with Crippen molar-refractivity contribution in [3.05, 3.63) is 21.5 Å². The first-order chi connectivity index (χ1) is 7.63. The van der Waals surface area contributed by atoms with Crippen LogP contribution >= 0.6 is 22.6 Å². The highest BCUT2D eigenvalue weighted by atomic mass is 127. The van der Waals surface area contributed by atoms with Gasteiger partial charge in [0.2, 0.25) is 0 Å². The van der Waals surface area contributed by atoms with Gasteiger partial charge in [-0.15, -0.1) is 0 Å². The Kier molecular flexibility index (Phi) is 3.56. The van der Waals surface area contributed by atoms with Gasteiger partial charge in [-0.25, -0.2) is 4.39 Å². The highest BCUT2D eigenvalue weighted by Gasteiger charge is 2.25. The van der Waals surface area contributed by atoms with E-state index in [1.807, 2.05) is 22.6 Å². The van der Waals surface area contributed by atoms with Gasteiger partial charge >= 0.3 is 0 Å². The van der Waals surface area contributed by atoms with Crippen LogP contribution in [0.2, 0.25) is 0 Å². The average molecular weight is 334 g/mol. The van der Waals surface area contributed by atoms with Crippen LogP contribution in [0, 0.1) is 9.39 Å². The maximum Gasteiger partial charge on any atom is 0.138 e. The van der Waals surface area contributed by atoms with Crippen LogP contribution < -0.4 is 10.6 Å². The van der Waals surface area contributed by atoms with Gasteiger partial charge in [-0.1, -0.05) is 6.92 Å². The van der Waals surface area contributed by atoms with Gasteiger partial charge in [0.15, 0.2) is 0 Å². The van der Waals surface area contributed by atoms with E-state index >= 15 is 0 Å². The van der Waals surface area contributed by atoms with Crippen LogP contribution in [0.5, 0.6) is 0 Å². The standard InChI is InChI=1S/C12H16FIN2/c1-2-8-4-3-5-16(8)12-6-9(13)10(14)7-11(12)15/h6-8H,2-5,15H2,1H3. The van der Waals surface area contributed by atoms with Crippen LogP contribution in [0.15, 0.2) is 12.1 Å². The summed E-state index contributed by atoms with van der Waals surface area (Å²) in [5.74, 6) is -0.174. The van der Waals surface area contributed by atoms with Crippen LogP contribution in [0.25, 0.3) is 0 Å². The van der Waals surface area contributed by atoms with E-state index in [4.69, 9.17) is 5.73 Å². The van der Waals surface area contributed by atoms with Crippen molar-refractivity contribution in [2.75, 3.05) is 17.2 Å². The van der Waals surface area contributed by atoms with Crippen LogP contribution in [-0.4, -0.2) is 12.6 Å². The van der Waals surface area contributed by atoms with Gasteiger partial charge in [0, 0.05) is 18.7 Å². The number of nitrogens with zero attached hydrogens (tertiary/aromatic N) is 1. The third-order valence-electron chi connectivity index (χ3n) is 3.23. The summed E-state index contributed by atoms with van der Waals surface area (Å²) in [5.41, 5.74) is 7.52. The van der Waals surface area contributed by atoms with Crippen LogP contribution in [-0.2, 0) is 0 Å². The molecule has 2 nitrogen and oxygen atoms in total. The maximum atomic E-state index is 13.6. The van der Waals surface area contributed by atoms with E-state index in [1.54, 1.807) is 12.1 Å². The van der Waals surface area contributed by atoms with Gasteiger partial charge in [-0.3, -0.25) is 0 Å². The zero-order valence-electron chi connectivity index (χ0n) is 9.34. The Bertz CT molecular complexity index is 395. The minimum Gasteiger partial charge on any atom is -0.397 e. The molecule has 1 fully saturated rings. The van der Waals surface area contributed by atoms with Gasteiger partial charge in [0.05, 0.1) is 14.9 Å². The monoisotopic (exact) mass is 334 g/mol. The average Bonchev–Trinajstić information content (AvgIpc) is 2.71. The summed E-state index contributed by atoms with van der Waals surface area (Å²) in [4.78, 5) is 2.24. The molecule has 2 rings (SSSR count). The molecule has 88 valence electrons. The Morgan fingerprint density at radius 1 is 1.56 bits per heavy atom. The van der Waals surface area contributed by atoms with Crippen molar-refractivity contribution < 1.29 is 4.39 Å². The van der Waals surface area contributed by atoms with Crippen molar-refractivity contribution in [2.24, 2.45) is 0 Å². The number of hydrogen-bond donors (Lipinski definition) is 1. The molecule has 0 bridgehead atoms. The zero-order chi connectivity index (χ0) is 11.7. The van der Waals surface area contributed by atoms with E-state index in [1.165, 1.54) is 12.8 Å². The van der Waals surface area contributed by atoms with Crippen LogP contribution in [0.1, 0.15) is 26.2 Å². The fourth-order valence-electron chi connectivity index (χ4n) is 2.38. The summed E-state index contributed by atoms with van der Waals surface area (Å²) in [7, 11) is 0. The number of nitrogen functional groups attached to an aromatic ring is 1. The molecule has 0 amide bonds. The van der Waals surface area contributed by atoms with E-state index in [0.29, 0.717) is 15.3 Å². The van der Waals surface area contributed by atoms with Gasteiger partial charge in [0.1, 0.15) is 5.82 Å². The van der Waals surface area contributed by atoms with Crippen molar-refractivity contribution in [3.8, 4) is 0 Å². The number of halogens is 2. The number of nitrogens with two attached hydrogens (primary N) is 1. The molecule has 2 N–H and O–H groups in total. The molecule has 1 aliphatic rings. The van der Waals surface area contributed by atoms with Gasteiger partial charge in [-0.2, -0.15) is 0 Å². The first kappa shape index (κ1) is 12.0. The summed E-state index contributed by atoms with van der Waals surface area (Å²) in [5, 5.41) is 0. The minimum atomic E-state index is -0.174. The Morgan fingerprint density at radius 3 is 3.00 bits per heavy atom. The lowest BCUT2D eigenvalue weighted by Gasteiger charge is -2.27. The maximum absolute atomic E-state index is 13.6. The van der Waals surface area contributed by atoms with Crippen molar-refractivity contribution in [1.82, 2.24) is 0 Å². The normalized spacial score (nSPS) is 20.4. The number of hydrogen-bond acceptors (Lipinski definition) is 2. The third-order valence-corrected chi connectivity index (χ3v) is 4.05. The molecule has 0 aliphatic carbocycles. The van der Waals surface area contributed by atoms with Crippen molar-refractivity contribution in [3.63, 3.8) is 0 Å². The molecule has 0 aromatic heterocycles. The topological polar surface area (TPSA) is 29.3 Å². The fourth-order valence-corrected chi connectivity index (χ4v) is 2.87. The van der Waals surface area contributed by atoms with Crippen LogP contribution in [0.3, 0.4) is 0 Å². The quantitative estimate of drug-likeness (QED) is 0.664. The number of anilines is 2. The molecular formula is C12H16FIN2. The molecule has 16 heavy (non-hydrogen) atoms. The van der Waals surface area contributed by atoms with E-state index in [0.717, 1.165) is 18.7 Å². The molecule has 0 radical (unpaired) electrons. The van der Waals surface area contributed by atoms with Gasteiger partial charge in [-0.05, 0) is 47.9 Å². The van der Waals surface area contributed by atoms with Crippen molar-refractivity contribution in [2.45, 2.75) is 32.2 Å². The van der Waals surface area contributed by atoms with Gasteiger partial charge in [0.25, 0.3) is 0 Å². The zero-order valence-corrected chi connectivity index (χ0v) is 11.5. The lowest BCUT2D eigenvalue weighted by molar-refractivity contribution is 0.614. The second-order valence-electron chi connectivity index (χ2n) is 4.22. The molecule has 1 aromatic rings.